The Balaban J connectivity index is 1.19. The lowest BCUT2D eigenvalue weighted by Gasteiger charge is -2.33. The molecule has 1 aromatic heterocycles. The second-order valence-electron chi connectivity index (χ2n) is 15.1. The molecule has 55 heavy (non-hydrogen) atoms. The van der Waals surface area contributed by atoms with Crippen LogP contribution in [0.25, 0.3) is 66.2 Å². The van der Waals surface area contributed by atoms with Gasteiger partial charge in [-0.25, -0.2) is 0 Å². The maximum Gasteiger partial charge on any atom is 0.119 e. The highest BCUT2D eigenvalue weighted by Crippen LogP contribution is 2.69. The summed E-state index contributed by atoms with van der Waals surface area (Å²) >= 11 is 0. The van der Waals surface area contributed by atoms with Gasteiger partial charge in [0.1, 0.15) is 5.54 Å². The summed E-state index contributed by atoms with van der Waals surface area (Å²) in [6.45, 7) is 0. The predicted octanol–water partition coefficient (Wildman–Crippen LogP) is 11.8. The molecule has 2 unspecified atom stereocenters. The van der Waals surface area contributed by atoms with Gasteiger partial charge in [-0.1, -0.05) is 140 Å². The normalized spacial score (nSPS) is 16.4. The Bertz CT molecular complexity index is 3090. The van der Waals surface area contributed by atoms with Crippen LogP contribution in [0, 0.1) is 0 Å². The molecule has 260 valence electrons. The van der Waals surface area contributed by atoms with Crippen LogP contribution >= 0.6 is 0 Å². The molecule has 12 rings (SSSR count). The first-order valence-electron chi connectivity index (χ1n) is 19.1. The topological polar surface area (TPSA) is 46.2 Å². The Morgan fingerprint density at radius 1 is 0.618 bits per heavy atom. The van der Waals surface area contributed by atoms with Gasteiger partial charge in [0.05, 0.1) is 17.1 Å². The molecule has 2 heterocycles. The Kier molecular flexibility index (Phi) is 6.16. The van der Waals surface area contributed by atoms with Crippen molar-refractivity contribution in [2.24, 2.45) is 5.73 Å². The highest BCUT2D eigenvalue weighted by atomic mass is 15.1. The molecule has 4 heteroatoms. The van der Waals surface area contributed by atoms with Gasteiger partial charge in [0.25, 0.3) is 0 Å². The molecule has 2 atom stereocenters. The predicted molar refractivity (Wildman–Crippen MR) is 229 cm³/mol. The Morgan fingerprint density at radius 3 is 2.05 bits per heavy atom. The lowest BCUT2D eigenvalue weighted by atomic mass is 9.83. The molecule has 0 fully saturated rings. The maximum atomic E-state index is 6.99. The molecule has 8 aromatic carbocycles. The number of fused-ring (bicyclic) bond motifs is 8. The third-order valence-electron chi connectivity index (χ3n) is 12.4. The second kappa shape index (κ2) is 11.1. The third kappa shape index (κ3) is 3.89. The molecule has 4 nitrogen and oxygen atoms in total. The number of hydrogen-bond donors (Lipinski definition) is 2. The molecule has 2 aliphatic carbocycles. The molecule has 0 saturated carbocycles. The van der Waals surface area contributed by atoms with Gasteiger partial charge >= 0.3 is 0 Å². The molecule has 0 amide bonds. The average molecular weight is 705 g/mol. The maximum absolute atomic E-state index is 6.99. The fraction of sp³-hybridized carbons (Fsp3) is 0.0588. The van der Waals surface area contributed by atoms with Crippen molar-refractivity contribution in [1.29, 1.82) is 0 Å². The van der Waals surface area contributed by atoms with Crippen molar-refractivity contribution in [3.63, 3.8) is 0 Å². The summed E-state index contributed by atoms with van der Waals surface area (Å²) in [5, 5.41) is 9.45. The van der Waals surface area contributed by atoms with Crippen LogP contribution in [-0.4, -0.2) is 11.6 Å². The van der Waals surface area contributed by atoms with E-state index >= 15 is 0 Å². The molecule has 3 aliphatic rings. The molecule has 1 aliphatic heterocycles. The van der Waals surface area contributed by atoms with Gasteiger partial charge in [0.15, 0.2) is 0 Å². The van der Waals surface area contributed by atoms with Crippen molar-refractivity contribution in [2.75, 3.05) is 17.3 Å². The smallest absolute Gasteiger partial charge is 0.119 e. The fourth-order valence-corrected chi connectivity index (χ4v) is 10.3. The van der Waals surface area contributed by atoms with E-state index in [0.717, 1.165) is 22.5 Å². The van der Waals surface area contributed by atoms with Crippen molar-refractivity contribution < 1.29 is 0 Å². The zero-order valence-electron chi connectivity index (χ0n) is 30.3. The minimum atomic E-state index is -0.584. The molecule has 1 spiro atoms. The summed E-state index contributed by atoms with van der Waals surface area (Å²) in [5.74, 6) is 0. The van der Waals surface area contributed by atoms with Gasteiger partial charge in [-0.15, -0.1) is 0 Å². The van der Waals surface area contributed by atoms with E-state index in [1.54, 1.807) is 0 Å². The van der Waals surface area contributed by atoms with E-state index in [2.05, 4.69) is 192 Å². The second-order valence-corrected chi connectivity index (χ2v) is 15.1. The minimum absolute atomic E-state index is 0.286. The van der Waals surface area contributed by atoms with Crippen LogP contribution in [0.4, 0.5) is 11.4 Å². The summed E-state index contributed by atoms with van der Waals surface area (Å²) in [6, 6.07) is 61.2. The third-order valence-corrected chi connectivity index (χ3v) is 12.4. The highest BCUT2D eigenvalue weighted by Gasteiger charge is 2.57. The molecule has 0 bridgehead atoms. The zero-order chi connectivity index (χ0) is 36.4. The van der Waals surface area contributed by atoms with E-state index in [-0.39, 0.29) is 6.04 Å². The number of hydrogen-bond acceptors (Lipinski definition) is 3. The first-order valence-corrected chi connectivity index (χ1v) is 19.1. The van der Waals surface area contributed by atoms with Gasteiger partial charge in [0.2, 0.25) is 0 Å². The summed E-state index contributed by atoms with van der Waals surface area (Å²) in [6.07, 6.45) is 2.22. The van der Waals surface area contributed by atoms with E-state index in [4.69, 9.17) is 5.73 Å². The first kappa shape index (κ1) is 30.6. The van der Waals surface area contributed by atoms with E-state index in [9.17, 15) is 0 Å². The Hall–Kier alpha value is -6.88. The highest BCUT2D eigenvalue weighted by molar-refractivity contribution is 6.31. The number of benzene rings is 8. The van der Waals surface area contributed by atoms with Crippen molar-refractivity contribution in [3.8, 4) is 27.9 Å². The van der Waals surface area contributed by atoms with E-state index in [1.165, 1.54) is 82.9 Å². The molecule has 3 N–H and O–H groups in total. The monoisotopic (exact) mass is 704 g/mol. The van der Waals surface area contributed by atoms with Gasteiger partial charge in [-0.3, -0.25) is 0 Å². The van der Waals surface area contributed by atoms with Crippen molar-refractivity contribution in [2.45, 2.75) is 11.6 Å². The number of nitrogens with two attached hydrogens (primary N) is 1. The van der Waals surface area contributed by atoms with Crippen LogP contribution in [0.3, 0.4) is 0 Å². The lowest BCUT2D eigenvalue weighted by Crippen LogP contribution is -2.33. The molecule has 9 aromatic rings. The van der Waals surface area contributed by atoms with Crippen molar-refractivity contribution >= 4 is 49.7 Å². The van der Waals surface area contributed by atoms with E-state index in [0.29, 0.717) is 0 Å². The lowest BCUT2D eigenvalue weighted by molar-refractivity contribution is 0.779. The van der Waals surface area contributed by atoms with Gasteiger partial charge in [-0.2, -0.15) is 0 Å². The van der Waals surface area contributed by atoms with Crippen molar-refractivity contribution in [3.05, 3.63) is 204 Å². The number of anilines is 2. The first-order chi connectivity index (χ1) is 27.1. The number of rotatable bonds is 6. The van der Waals surface area contributed by atoms with Crippen LogP contribution in [0.5, 0.6) is 0 Å². The van der Waals surface area contributed by atoms with Crippen LogP contribution in [0.2, 0.25) is 0 Å². The number of aromatic nitrogens is 1. The van der Waals surface area contributed by atoms with Crippen molar-refractivity contribution in [1.82, 2.24) is 4.57 Å². The fourth-order valence-electron chi connectivity index (χ4n) is 10.3. The summed E-state index contributed by atoms with van der Waals surface area (Å²) < 4.78 is 2.51. The molecular weight excluding hydrogens is 669 g/mol. The minimum Gasteiger partial charge on any atom is -0.367 e. The van der Waals surface area contributed by atoms with Crippen LogP contribution < -0.4 is 16.0 Å². The van der Waals surface area contributed by atoms with Crippen LogP contribution in [0.15, 0.2) is 176 Å². The molecule has 0 saturated heterocycles. The summed E-state index contributed by atoms with van der Waals surface area (Å²) in [5.41, 5.74) is 24.8. The number of nitrogens with zero attached hydrogens (tertiary/aromatic N) is 2. The Morgan fingerprint density at radius 2 is 1.25 bits per heavy atom. The average Bonchev–Trinajstić information content (AvgIpc) is 3.95. The van der Waals surface area contributed by atoms with Gasteiger partial charge in [-0.05, 0) is 69.6 Å². The standard InChI is InChI=1S/C51H36N4/c1-54(43(32-18-7-3-8-19-32)30-39(52)31-16-5-2-6-17-31)42-29-15-24-35-34-23-13-26-38-46-49-45-37(25-14-27-40(45)53-51(49,47(34)38)48(35)42)44-36-22-11-12-28-41(36)55(50(44)46)33-20-9-4-10-21-33/h2-30,39,53H,52H2,1H3/b43-30-. The number of nitrogens with one attached hydrogen (secondary N) is 1. The van der Waals surface area contributed by atoms with Gasteiger partial charge < -0.3 is 20.5 Å². The largest absolute Gasteiger partial charge is 0.367 e. The number of para-hydroxylation sites is 2. The zero-order valence-corrected chi connectivity index (χ0v) is 30.3. The van der Waals surface area contributed by atoms with E-state index < -0.39 is 5.54 Å². The molecular formula is C51H36N4. The van der Waals surface area contributed by atoms with Crippen LogP contribution in [0.1, 0.15) is 33.9 Å². The Labute approximate surface area is 319 Å². The molecule has 0 radical (unpaired) electrons. The summed E-state index contributed by atoms with van der Waals surface area (Å²) in [4.78, 5) is 2.37. The van der Waals surface area contributed by atoms with E-state index in [1.807, 2.05) is 6.07 Å². The quantitative estimate of drug-likeness (QED) is 0.181. The van der Waals surface area contributed by atoms with Crippen LogP contribution in [-0.2, 0) is 5.54 Å². The SMILES string of the molecule is CN(/C(=C\C(N)c1ccccc1)c1ccccc1)c1cccc2c1C13Nc4cccc5c4c1c(c1c5c4ccccc4n1-c1ccccc1)-c1cccc-2c13. The van der Waals surface area contributed by atoms with Gasteiger partial charge in [0, 0.05) is 68.2 Å². The summed E-state index contributed by atoms with van der Waals surface area (Å²) in [7, 11) is 2.21.